The Morgan fingerprint density at radius 2 is 2.00 bits per heavy atom. The second-order valence-electron chi connectivity index (χ2n) is 7.19. The minimum absolute atomic E-state index is 0.0875. The highest BCUT2D eigenvalue weighted by Gasteiger charge is 2.52. The van der Waals surface area contributed by atoms with Crippen LogP contribution in [0.3, 0.4) is 0 Å². The SMILES string of the molecule is OC1C(NCc2ccc3c(c2)OCO3)C2COC(O2)C1N1CCCC1. The molecule has 3 saturated heterocycles. The van der Waals surface area contributed by atoms with Crippen LogP contribution in [0.2, 0.25) is 0 Å². The van der Waals surface area contributed by atoms with Crippen molar-refractivity contribution in [1.29, 1.82) is 0 Å². The average Bonchev–Trinajstić information content (AvgIpc) is 3.36. The molecule has 5 rings (SSSR count). The zero-order chi connectivity index (χ0) is 16.8. The number of hydrogen-bond acceptors (Lipinski definition) is 7. The Balaban J connectivity index is 1.29. The molecule has 0 amide bonds. The average molecular weight is 348 g/mol. The lowest BCUT2D eigenvalue weighted by Crippen LogP contribution is -2.63. The molecule has 5 unspecified atom stereocenters. The van der Waals surface area contributed by atoms with E-state index < -0.39 is 6.10 Å². The highest BCUT2D eigenvalue weighted by molar-refractivity contribution is 5.44. The Labute approximate surface area is 146 Å². The normalized spacial score (nSPS) is 36.9. The monoisotopic (exact) mass is 348 g/mol. The number of rotatable bonds is 4. The van der Waals surface area contributed by atoms with Gasteiger partial charge in [0.25, 0.3) is 0 Å². The smallest absolute Gasteiger partial charge is 0.231 e. The van der Waals surface area contributed by atoms with Crippen LogP contribution in [0.5, 0.6) is 11.5 Å². The topological polar surface area (TPSA) is 72.4 Å². The maximum absolute atomic E-state index is 11.0. The fourth-order valence-corrected chi connectivity index (χ4v) is 4.37. The standard InChI is InChI=1S/C18H24N2O5/c21-17-15(19-8-11-3-4-12-13(7-11)24-10-23-12)14-9-22-18(25-14)16(17)20-5-1-2-6-20/h3-4,7,14-19,21H,1-2,5-6,8-10H2. The quantitative estimate of drug-likeness (QED) is 0.819. The molecule has 0 aromatic heterocycles. The number of nitrogens with zero attached hydrogens (tertiary/aromatic N) is 1. The van der Waals surface area contributed by atoms with E-state index in [0.29, 0.717) is 13.2 Å². The van der Waals surface area contributed by atoms with Gasteiger partial charge in [0, 0.05) is 6.54 Å². The zero-order valence-electron chi connectivity index (χ0n) is 14.1. The summed E-state index contributed by atoms with van der Waals surface area (Å²) in [6.07, 6.45) is 1.44. The van der Waals surface area contributed by atoms with Crippen molar-refractivity contribution >= 4 is 0 Å². The summed E-state index contributed by atoms with van der Waals surface area (Å²) in [6.45, 7) is 3.45. The summed E-state index contributed by atoms with van der Waals surface area (Å²) >= 11 is 0. The fraction of sp³-hybridized carbons (Fsp3) is 0.667. The van der Waals surface area contributed by atoms with Gasteiger partial charge in [0.2, 0.25) is 6.79 Å². The predicted molar refractivity (Wildman–Crippen MR) is 88.4 cm³/mol. The molecule has 1 aromatic rings. The Bertz CT molecular complexity index is 634. The van der Waals surface area contributed by atoms with Gasteiger partial charge in [-0.15, -0.1) is 0 Å². The lowest BCUT2D eigenvalue weighted by atomic mass is 9.94. The van der Waals surface area contributed by atoms with E-state index in [1.54, 1.807) is 0 Å². The Morgan fingerprint density at radius 1 is 1.16 bits per heavy atom. The first-order valence-electron chi connectivity index (χ1n) is 9.11. The van der Waals surface area contributed by atoms with E-state index in [0.717, 1.165) is 30.2 Å². The summed E-state index contributed by atoms with van der Waals surface area (Å²) in [7, 11) is 0. The van der Waals surface area contributed by atoms with Crippen molar-refractivity contribution in [1.82, 2.24) is 10.2 Å². The lowest BCUT2D eigenvalue weighted by molar-refractivity contribution is -0.179. The number of hydrogen-bond donors (Lipinski definition) is 2. The molecule has 0 aliphatic carbocycles. The van der Waals surface area contributed by atoms with Crippen LogP contribution in [-0.4, -0.2) is 67.1 Å². The third kappa shape index (κ3) is 2.80. The van der Waals surface area contributed by atoms with E-state index in [1.807, 2.05) is 18.2 Å². The second-order valence-corrected chi connectivity index (χ2v) is 7.19. The third-order valence-corrected chi connectivity index (χ3v) is 5.67. The first-order chi connectivity index (χ1) is 12.3. The summed E-state index contributed by atoms with van der Waals surface area (Å²) in [5.74, 6) is 1.56. The molecule has 0 radical (unpaired) electrons. The van der Waals surface area contributed by atoms with Gasteiger partial charge in [-0.1, -0.05) is 6.07 Å². The van der Waals surface area contributed by atoms with E-state index in [4.69, 9.17) is 18.9 Å². The van der Waals surface area contributed by atoms with E-state index in [9.17, 15) is 5.11 Å². The van der Waals surface area contributed by atoms with Crippen LogP contribution in [0, 0.1) is 0 Å². The van der Waals surface area contributed by atoms with Crippen molar-refractivity contribution in [2.24, 2.45) is 0 Å². The first kappa shape index (κ1) is 15.8. The van der Waals surface area contributed by atoms with Crippen LogP contribution in [0.1, 0.15) is 18.4 Å². The molecule has 3 fully saturated rings. The summed E-state index contributed by atoms with van der Waals surface area (Å²) < 4.78 is 22.6. The van der Waals surface area contributed by atoms with Gasteiger partial charge in [-0.05, 0) is 43.6 Å². The van der Waals surface area contributed by atoms with Gasteiger partial charge in [-0.3, -0.25) is 4.90 Å². The molecule has 4 aliphatic heterocycles. The van der Waals surface area contributed by atoms with Gasteiger partial charge >= 0.3 is 0 Å². The number of aliphatic hydroxyl groups excluding tert-OH is 1. The number of nitrogens with one attached hydrogen (secondary N) is 1. The maximum Gasteiger partial charge on any atom is 0.231 e. The molecule has 1 aromatic carbocycles. The minimum Gasteiger partial charge on any atom is -0.454 e. The van der Waals surface area contributed by atoms with Crippen LogP contribution >= 0.6 is 0 Å². The minimum atomic E-state index is -0.502. The Morgan fingerprint density at radius 3 is 2.88 bits per heavy atom. The summed E-state index contributed by atoms with van der Waals surface area (Å²) in [4.78, 5) is 2.31. The van der Waals surface area contributed by atoms with Crippen LogP contribution in [-0.2, 0) is 16.0 Å². The molecule has 2 bridgehead atoms. The third-order valence-electron chi connectivity index (χ3n) is 5.67. The van der Waals surface area contributed by atoms with Gasteiger partial charge in [0.05, 0.1) is 24.8 Å². The summed E-state index contributed by atoms with van der Waals surface area (Å²) in [5, 5.41) is 14.5. The molecule has 0 spiro atoms. The molecule has 5 atom stereocenters. The van der Waals surface area contributed by atoms with Crippen molar-refractivity contribution in [3.05, 3.63) is 23.8 Å². The molecule has 2 N–H and O–H groups in total. The molecule has 7 nitrogen and oxygen atoms in total. The van der Waals surface area contributed by atoms with E-state index in [2.05, 4.69) is 10.2 Å². The lowest BCUT2D eigenvalue weighted by Gasteiger charge is -2.42. The maximum atomic E-state index is 11.0. The molecule has 7 heteroatoms. The van der Waals surface area contributed by atoms with Gasteiger partial charge in [-0.25, -0.2) is 0 Å². The number of likely N-dealkylation sites (tertiary alicyclic amines) is 1. The predicted octanol–water partition coefficient (Wildman–Crippen LogP) is 0.454. The highest BCUT2D eigenvalue weighted by atomic mass is 16.7. The van der Waals surface area contributed by atoms with E-state index in [1.165, 1.54) is 12.8 Å². The Hall–Kier alpha value is -1.38. The van der Waals surface area contributed by atoms with E-state index >= 15 is 0 Å². The molecular weight excluding hydrogens is 324 g/mol. The second kappa shape index (κ2) is 6.41. The van der Waals surface area contributed by atoms with Gasteiger partial charge in [0.15, 0.2) is 17.8 Å². The van der Waals surface area contributed by atoms with Crippen molar-refractivity contribution in [3.63, 3.8) is 0 Å². The van der Waals surface area contributed by atoms with Gasteiger partial charge in [-0.2, -0.15) is 0 Å². The highest BCUT2D eigenvalue weighted by Crippen LogP contribution is 2.34. The van der Waals surface area contributed by atoms with Crippen LogP contribution in [0.4, 0.5) is 0 Å². The van der Waals surface area contributed by atoms with E-state index in [-0.39, 0.29) is 31.3 Å². The first-order valence-corrected chi connectivity index (χ1v) is 9.11. The van der Waals surface area contributed by atoms with Crippen molar-refractivity contribution < 1.29 is 24.1 Å². The summed E-state index contributed by atoms with van der Waals surface area (Å²) in [5.41, 5.74) is 1.09. The molecular formula is C18H24N2O5. The molecule has 4 aliphatic rings. The van der Waals surface area contributed by atoms with Gasteiger partial charge < -0.3 is 29.4 Å². The summed E-state index contributed by atoms with van der Waals surface area (Å²) in [6, 6.07) is 5.69. The van der Waals surface area contributed by atoms with Crippen molar-refractivity contribution in [2.75, 3.05) is 26.5 Å². The fourth-order valence-electron chi connectivity index (χ4n) is 4.37. The van der Waals surface area contributed by atoms with Crippen LogP contribution < -0.4 is 14.8 Å². The molecule has 25 heavy (non-hydrogen) atoms. The van der Waals surface area contributed by atoms with Crippen molar-refractivity contribution in [2.45, 2.75) is 50.0 Å². The Kier molecular flexibility index (Phi) is 4.06. The van der Waals surface area contributed by atoms with Gasteiger partial charge in [0.1, 0.15) is 6.10 Å². The number of ether oxygens (including phenoxy) is 4. The number of fused-ring (bicyclic) bond motifs is 3. The number of benzene rings is 1. The molecule has 4 heterocycles. The van der Waals surface area contributed by atoms with Crippen molar-refractivity contribution in [3.8, 4) is 11.5 Å². The van der Waals surface area contributed by atoms with Crippen LogP contribution in [0.25, 0.3) is 0 Å². The largest absolute Gasteiger partial charge is 0.454 e. The molecule has 136 valence electrons. The number of aliphatic hydroxyl groups is 1. The van der Waals surface area contributed by atoms with Crippen LogP contribution in [0.15, 0.2) is 18.2 Å². The zero-order valence-corrected chi connectivity index (χ0v) is 14.1. The molecule has 0 saturated carbocycles.